The summed E-state index contributed by atoms with van der Waals surface area (Å²) in [5.74, 6) is -1.81. The van der Waals surface area contributed by atoms with E-state index < -0.39 is 17.8 Å². The van der Waals surface area contributed by atoms with E-state index in [-0.39, 0.29) is 23.3 Å². The zero-order valence-corrected chi connectivity index (χ0v) is 6.55. The predicted molar refractivity (Wildman–Crippen MR) is 41.0 cm³/mol. The SMILES string of the molecule is O=C1c2c(O)ccc(F)c2CC1F. The van der Waals surface area contributed by atoms with E-state index in [0.717, 1.165) is 12.1 Å². The Morgan fingerprint density at radius 2 is 2.15 bits per heavy atom. The van der Waals surface area contributed by atoms with Crippen molar-refractivity contribution in [2.75, 3.05) is 0 Å². The van der Waals surface area contributed by atoms with Crippen molar-refractivity contribution >= 4 is 5.78 Å². The molecule has 0 amide bonds. The molecular formula is C9H6F2O2. The highest BCUT2D eigenvalue weighted by Crippen LogP contribution is 2.32. The van der Waals surface area contributed by atoms with Crippen molar-refractivity contribution in [2.24, 2.45) is 0 Å². The maximum absolute atomic E-state index is 13.0. The van der Waals surface area contributed by atoms with Gasteiger partial charge in [0, 0.05) is 12.0 Å². The molecule has 1 aromatic rings. The number of halogens is 2. The fourth-order valence-electron chi connectivity index (χ4n) is 1.51. The molecule has 0 saturated heterocycles. The molecule has 0 saturated carbocycles. The van der Waals surface area contributed by atoms with Crippen LogP contribution in [0, 0.1) is 5.82 Å². The summed E-state index contributed by atoms with van der Waals surface area (Å²) < 4.78 is 25.8. The van der Waals surface area contributed by atoms with Crippen molar-refractivity contribution in [1.82, 2.24) is 0 Å². The van der Waals surface area contributed by atoms with Gasteiger partial charge in [0.25, 0.3) is 0 Å². The maximum atomic E-state index is 13.0. The maximum Gasteiger partial charge on any atom is 0.201 e. The van der Waals surface area contributed by atoms with E-state index >= 15 is 0 Å². The van der Waals surface area contributed by atoms with Crippen LogP contribution in [-0.4, -0.2) is 17.1 Å². The third-order valence-corrected chi connectivity index (χ3v) is 2.15. The first-order chi connectivity index (χ1) is 6.11. The monoisotopic (exact) mass is 184 g/mol. The van der Waals surface area contributed by atoms with Crippen LogP contribution in [0.5, 0.6) is 5.75 Å². The van der Waals surface area contributed by atoms with Crippen LogP contribution in [-0.2, 0) is 6.42 Å². The Kier molecular flexibility index (Phi) is 1.58. The molecule has 0 fully saturated rings. The minimum atomic E-state index is -1.71. The smallest absolute Gasteiger partial charge is 0.201 e. The van der Waals surface area contributed by atoms with E-state index in [4.69, 9.17) is 0 Å². The summed E-state index contributed by atoms with van der Waals surface area (Å²) in [7, 11) is 0. The van der Waals surface area contributed by atoms with Gasteiger partial charge in [-0.3, -0.25) is 4.79 Å². The zero-order chi connectivity index (χ0) is 9.59. The van der Waals surface area contributed by atoms with Gasteiger partial charge in [0.05, 0.1) is 5.56 Å². The molecule has 0 radical (unpaired) electrons. The van der Waals surface area contributed by atoms with Crippen molar-refractivity contribution in [3.63, 3.8) is 0 Å². The molecule has 0 spiro atoms. The number of carbonyl (C=O) groups is 1. The quantitative estimate of drug-likeness (QED) is 0.665. The molecule has 13 heavy (non-hydrogen) atoms. The van der Waals surface area contributed by atoms with Crippen LogP contribution >= 0.6 is 0 Å². The van der Waals surface area contributed by atoms with Crippen molar-refractivity contribution in [1.29, 1.82) is 0 Å². The number of carbonyl (C=O) groups excluding carboxylic acids is 1. The molecule has 1 aliphatic rings. The standard InChI is InChI=1S/C9H6F2O2/c10-5-1-2-7(12)8-4(5)3-6(11)9(8)13/h1-2,6,12H,3H2. The van der Waals surface area contributed by atoms with E-state index in [2.05, 4.69) is 0 Å². The number of alkyl halides is 1. The largest absolute Gasteiger partial charge is 0.507 e. The highest BCUT2D eigenvalue weighted by molar-refractivity contribution is 6.06. The molecule has 0 heterocycles. The van der Waals surface area contributed by atoms with Gasteiger partial charge in [-0.1, -0.05) is 0 Å². The third-order valence-electron chi connectivity index (χ3n) is 2.15. The minimum Gasteiger partial charge on any atom is -0.507 e. The summed E-state index contributed by atoms with van der Waals surface area (Å²) >= 11 is 0. The molecule has 68 valence electrons. The molecular weight excluding hydrogens is 178 g/mol. The lowest BCUT2D eigenvalue weighted by atomic mass is 10.1. The molecule has 1 unspecified atom stereocenters. The van der Waals surface area contributed by atoms with E-state index in [1.807, 2.05) is 0 Å². The Morgan fingerprint density at radius 1 is 1.46 bits per heavy atom. The highest BCUT2D eigenvalue weighted by Gasteiger charge is 2.34. The Hall–Kier alpha value is -1.45. The van der Waals surface area contributed by atoms with Crippen LogP contribution < -0.4 is 0 Å². The third kappa shape index (κ3) is 1.02. The number of Topliss-reactive ketones (excluding diaryl/α,β-unsaturated/α-hetero) is 1. The number of rotatable bonds is 0. The molecule has 0 aromatic heterocycles. The van der Waals surface area contributed by atoms with Crippen LogP contribution in [0.4, 0.5) is 8.78 Å². The summed E-state index contributed by atoms with van der Waals surface area (Å²) in [6, 6.07) is 2.09. The number of phenolic OH excluding ortho intramolecular Hbond substituents is 1. The molecule has 1 N–H and O–H groups in total. The summed E-state index contributed by atoms with van der Waals surface area (Å²) in [6.07, 6.45) is -1.98. The Bertz CT molecular complexity index is 387. The lowest BCUT2D eigenvalue weighted by Gasteiger charge is -2.00. The summed E-state index contributed by atoms with van der Waals surface area (Å²) in [5.41, 5.74) is -0.218. The van der Waals surface area contributed by atoms with E-state index in [0.29, 0.717) is 0 Å². The van der Waals surface area contributed by atoms with Gasteiger partial charge >= 0.3 is 0 Å². The molecule has 2 nitrogen and oxygen atoms in total. The molecule has 2 rings (SSSR count). The average molecular weight is 184 g/mol. The number of phenols is 1. The van der Waals surface area contributed by atoms with Crippen LogP contribution in [0.15, 0.2) is 12.1 Å². The van der Waals surface area contributed by atoms with Gasteiger partial charge in [0.1, 0.15) is 11.6 Å². The van der Waals surface area contributed by atoms with E-state index in [1.54, 1.807) is 0 Å². The average Bonchev–Trinajstić information content (AvgIpc) is 2.38. The number of hydrogen-bond donors (Lipinski definition) is 1. The van der Waals surface area contributed by atoms with Crippen LogP contribution in [0.1, 0.15) is 15.9 Å². The Labute approximate surface area is 72.8 Å². The predicted octanol–water partition coefficient (Wildman–Crippen LogP) is 1.61. The Balaban J connectivity index is 2.68. The van der Waals surface area contributed by atoms with Crippen molar-refractivity contribution in [2.45, 2.75) is 12.6 Å². The first-order valence-electron chi connectivity index (χ1n) is 3.80. The van der Waals surface area contributed by atoms with Crippen molar-refractivity contribution in [3.8, 4) is 5.75 Å². The molecule has 4 heteroatoms. The topological polar surface area (TPSA) is 37.3 Å². The Morgan fingerprint density at radius 3 is 2.77 bits per heavy atom. The summed E-state index contributed by atoms with van der Waals surface area (Å²) in [4.78, 5) is 11.1. The summed E-state index contributed by atoms with van der Waals surface area (Å²) in [6.45, 7) is 0. The second-order valence-electron chi connectivity index (χ2n) is 2.96. The van der Waals surface area contributed by atoms with Crippen LogP contribution in [0.25, 0.3) is 0 Å². The number of ketones is 1. The molecule has 1 atom stereocenters. The number of aromatic hydroxyl groups is 1. The van der Waals surface area contributed by atoms with Gasteiger partial charge in [0.15, 0.2) is 6.17 Å². The van der Waals surface area contributed by atoms with Gasteiger partial charge in [-0.05, 0) is 12.1 Å². The van der Waals surface area contributed by atoms with Crippen molar-refractivity contribution < 1.29 is 18.7 Å². The first kappa shape index (κ1) is 8.16. The van der Waals surface area contributed by atoms with Gasteiger partial charge in [-0.15, -0.1) is 0 Å². The van der Waals surface area contributed by atoms with Crippen LogP contribution in [0.3, 0.4) is 0 Å². The minimum absolute atomic E-state index is 0.0162. The number of hydrogen-bond acceptors (Lipinski definition) is 2. The highest BCUT2D eigenvalue weighted by atomic mass is 19.1. The first-order valence-corrected chi connectivity index (χ1v) is 3.80. The van der Waals surface area contributed by atoms with Crippen LogP contribution in [0.2, 0.25) is 0 Å². The van der Waals surface area contributed by atoms with Gasteiger partial charge in [0.2, 0.25) is 5.78 Å². The van der Waals surface area contributed by atoms with Crippen molar-refractivity contribution in [3.05, 3.63) is 29.1 Å². The van der Waals surface area contributed by atoms with E-state index in [9.17, 15) is 18.7 Å². The fourth-order valence-corrected chi connectivity index (χ4v) is 1.51. The number of benzene rings is 1. The molecule has 1 aromatic carbocycles. The lowest BCUT2D eigenvalue weighted by molar-refractivity contribution is 0.0897. The number of fused-ring (bicyclic) bond motifs is 1. The molecule has 0 aliphatic heterocycles. The molecule has 0 bridgehead atoms. The van der Waals surface area contributed by atoms with Gasteiger partial charge in [-0.2, -0.15) is 0 Å². The fraction of sp³-hybridized carbons (Fsp3) is 0.222. The summed E-state index contributed by atoms with van der Waals surface area (Å²) in [5, 5.41) is 9.19. The van der Waals surface area contributed by atoms with Gasteiger partial charge in [-0.25, -0.2) is 8.78 Å². The van der Waals surface area contributed by atoms with E-state index in [1.165, 1.54) is 0 Å². The van der Waals surface area contributed by atoms with Gasteiger partial charge < -0.3 is 5.11 Å². The molecule has 1 aliphatic carbocycles. The normalized spacial score (nSPS) is 20.5. The lowest BCUT2D eigenvalue weighted by Crippen LogP contribution is -2.08. The second-order valence-corrected chi connectivity index (χ2v) is 2.96. The zero-order valence-electron chi connectivity index (χ0n) is 6.55. The second kappa shape index (κ2) is 2.52.